The van der Waals surface area contributed by atoms with E-state index >= 15 is 0 Å². The van der Waals surface area contributed by atoms with Gasteiger partial charge in [0, 0.05) is 29.3 Å². The molecule has 1 fully saturated rings. The van der Waals surface area contributed by atoms with Crippen molar-refractivity contribution in [3.63, 3.8) is 0 Å². The molecule has 0 radical (unpaired) electrons. The third-order valence-electron chi connectivity index (χ3n) is 3.45. The van der Waals surface area contributed by atoms with E-state index in [0.717, 1.165) is 25.9 Å². The zero-order chi connectivity index (χ0) is 14.0. The van der Waals surface area contributed by atoms with Crippen LogP contribution in [0.5, 0.6) is 0 Å². The van der Waals surface area contributed by atoms with Crippen LogP contribution in [0.2, 0.25) is 0 Å². The molecule has 0 unspecified atom stereocenters. The van der Waals surface area contributed by atoms with Crippen LogP contribution in [0.3, 0.4) is 0 Å². The van der Waals surface area contributed by atoms with E-state index in [4.69, 9.17) is 10.7 Å². The zero-order valence-corrected chi connectivity index (χ0v) is 12.2. The van der Waals surface area contributed by atoms with Crippen LogP contribution >= 0.6 is 10.7 Å². The molecule has 104 valence electrons. The van der Waals surface area contributed by atoms with Crippen LogP contribution in [-0.2, 0) is 9.05 Å². The quantitative estimate of drug-likeness (QED) is 0.789. The second kappa shape index (κ2) is 5.51. The van der Waals surface area contributed by atoms with E-state index in [1.807, 2.05) is 4.90 Å². The molecule has 1 aliphatic heterocycles. The number of likely N-dealkylation sites (tertiary alicyclic amines) is 1. The summed E-state index contributed by atoms with van der Waals surface area (Å²) in [4.78, 5) is 14.0. The second-order valence-electron chi connectivity index (χ2n) is 4.94. The van der Waals surface area contributed by atoms with Crippen LogP contribution in [0, 0.1) is 5.92 Å². The maximum atomic E-state index is 12.2. The van der Waals surface area contributed by atoms with E-state index in [-0.39, 0.29) is 10.8 Å². The highest BCUT2D eigenvalue weighted by Crippen LogP contribution is 2.20. The zero-order valence-electron chi connectivity index (χ0n) is 10.7. The lowest BCUT2D eigenvalue weighted by atomic mass is 9.98. The Morgan fingerprint density at radius 3 is 2.21 bits per heavy atom. The van der Waals surface area contributed by atoms with Gasteiger partial charge in [0.15, 0.2) is 0 Å². The molecule has 0 atom stereocenters. The van der Waals surface area contributed by atoms with Crippen molar-refractivity contribution < 1.29 is 13.2 Å². The first-order valence-corrected chi connectivity index (χ1v) is 8.53. The molecule has 1 aromatic carbocycles. The maximum Gasteiger partial charge on any atom is 0.261 e. The molecule has 0 aromatic heterocycles. The van der Waals surface area contributed by atoms with Crippen LogP contribution in [0.1, 0.15) is 30.1 Å². The molecule has 19 heavy (non-hydrogen) atoms. The Morgan fingerprint density at radius 2 is 1.74 bits per heavy atom. The lowest BCUT2D eigenvalue weighted by Gasteiger charge is -2.30. The number of halogens is 1. The SMILES string of the molecule is CC1CCN(C(=O)c2ccc(S(=O)(=O)Cl)cc2)CC1. The van der Waals surface area contributed by atoms with Gasteiger partial charge < -0.3 is 4.90 Å². The number of piperidine rings is 1. The molecule has 0 bridgehead atoms. The van der Waals surface area contributed by atoms with E-state index < -0.39 is 9.05 Å². The van der Waals surface area contributed by atoms with E-state index in [9.17, 15) is 13.2 Å². The molecule has 1 saturated heterocycles. The molecule has 0 spiro atoms. The van der Waals surface area contributed by atoms with Crippen molar-refractivity contribution in [2.24, 2.45) is 5.92 Å². The highest BCUT2D eigenvalue weighted by atomic mass is 35.7. The van der Waals surface area contributed by atoms with Crippen molar-refractivity contribution in [1.29, 1.82) is 0 Å². The van der Waals surface area contributed by atoms with Gasteiger partial charge in [-0.15, -0.1) is 0 Å². The third-order valence-corrected chi connectivity index (χ3v) is 4.82. The summed E-state index contributed by atoms with van der Waals surface area (Å²) in [5.41, 5.74) is 0.499. The first kappa shape index (κ1) is 14.3. The minimum atomic E-state index is -3.73. The van der Waals surface area contributed by atoms with Gasteiger partial charge in [0.05, 0.1) is 4.90 Å². The summed E-state index contributed by atoms with van der Waals surface area (Å²) in [6, 6.07) is 5.75. The largest absolute Gasteiger partial charge is 0.339 e. The Kier molecular flexibility index (Phi) is 4.16. The fraction of sp³-hybridized carbons (Fsp3) is 0.462. The number of carbonyl (C=O) groups is 1. The minimum absolute atomic E-state index is 0.0120. The summed E-state index contributed by atoms with van der Waals surface area (Å²) in [6.45, 7) is 3.70. The van der Waals surface area contributed by atoms with Gasteiger partial charge in [-0.05, 0) is 43.0 Å². The number of hydrogen-bond acceptors (Lipinski definition) is 3. The predicted octanol–water partition coefficient (Wildman–Crippen LogP) is 2.49. The van der Waals surface area contributed by atoms with Gasteiger partial charge in [-0.1, -0.05) is 6.92 Å². The number of benzene rings is 1. The summed E-state index contributed by atoms with van der Waals surface area (Å²) in [7, 11) is 1.50. The highest BCUT2D eigenvalue weighted by Gasteiger charge is 2.21. The lowest BCUT2D eigenvalue weighted by Crippen LogP contribution is -2.37. The third kappa shape index (κ3) is 3.48. The second-order valence-corrected chi connectivity index (χ2v) is 7.50. The number of nitrogens with zero attached hydrogens (tertiary/aromatic N) is 1. The summed E-state index contributed by atoms with van der Waals surface area (Å²) in [5.74, 6) is 0.609. The first-order valence-electron chi connectivity index (χ1n) is 6.22. The van der Waals surface area contributed by atoms with E-state index in [1.54, 1.807) is 0 Å². The maximum absolute atomic E-state index is 12.2. The van der Waals surface area contributed by atoms with Gasteiger partial charge in [-0.25, -0.2) is 8.42 Å². The topological polar surface area (TPSA) is 54.5 Å². The molecule has 1 aromatic rings. The summed E-state index contributed by atoms with van der Waals surface area (Å²) in [6.07, 6.45) is 2.03. The molecule has 2 rings (SSSR count). The summed E-state index contributed by atoms with van der Waals surface area (Å²) >= 11 is 0. The Morgan fingerprint density at radius 1 is 1.21 bits per heavy atom. The fourth-order valence-corrected chi connectivity index (χ4v) is 2.92. The normalized spacial score (nSPS) is 17.5. The smallest absolute Gasteiger partial charge is 0.261 e. The van der Waals surface area contributed by atoms with Crippen molar-refractivity contribution in [1.82, 2.24) is 4.90 Å². The van der Waals surface area contributed by atoms with Crippen LogP contribution in [0.4, 0.5) is 0 Å². The Balaban J connectivity index is 2.12. The predicted molar refractivity (Wildman–Crippen MR) is 73.8 cm³/mol. The molecule has 0 N–H and O–H groups in total. The average Bonchev–Trinajstić information content (AvgIpc) is 2.38. The standard InChI is InChI=1S/C13H16ClNO3S/c1-10-6-8-15(9-7-10)13(16)11-2-4-12(5-3-11)19(14,17)18/h2-5,10H,6-9H2,1H3. The molecule has 6 heteroatoms. The van der Waals surface area contributed by atoms with Crippen LogP contribution in [-0.4, -0.2) is 32.3 Å². The monoisotopic (exact) mass is 301 g/mol. The van der Waals surface area contributed by atoms with Gasteiger partial charge >= 0.3 is 0 Å². The average molecular weight is 302 g/mol. The number of carbonyl (C=O) groups excluding carboxylic acids is 1. The molecular formula is C13H16ClNO3S. The highest BCUT2D eigenvalue weighted by molar-refractivity contribution is 8.13. The van der Waals surface area contributed by atoms with Crippen LogP contribution in [0.15, 0.2) is 29.2 Å². The van der Waals surface area contributed by atoms with Gasteiger partial charge in [0.25, 0.3) is 15.0 Å². The first-order chi connectivity index (χ1) is 8.88. The summed E-state index contributed by atoms with van der Waals surface area (Å²) < 4.78 is 22.2. The molecule has 0 saturated carbocycles. The Hall–Kier alpha value is -1.07. The van der Waals surface area contributed by atoms with Crippen LogP contribution in [0.25, 0.3) is 0 Å². The van der Waals surface area contributed by atoms with Gasteiger partial charge in [0.2, 0.25) is 0 Å². The number of hydrogen-bond donors (Lipinski definition) is 0. The van der Waals surface area contributed by atoms with Crippen molar-refractivity contribution in [3.05, 3.63) is 29.8 Å². The van der Waals surface area contributed by atoms with Gasteiger partial charge in [-0.2, -0.15) is 0 Å². The summed E-state index contributed by atoms with van der Waals surface area (Å²) in [5, 5.41) is 0. The van der Waals surface area contributed by atoms with Crippen molar-refractivity contribution in [2.75, 3.05) is 13.1 Å². The molecule has 4 nitrogen and oxygen atoms in total. The number of amides is 1. The van der Waals surface area contributed by atoms with Gasteiger partial charge in [0.1, 0.15) is 0 Å². The van der Waals surface area contributed by atoms with Crippen LogP contribution < -0.4 is 0 Å². The van der Waals surface area contributed by atoms with Crippen molar-refractivity contribution in [2.45, 2.75) is 24.7 Å². The van der Waals surface area contributed by atoms with Gasteiger partial charge in [-0.3, -0.25) is 4.79 Å². The van der Waals surface area contributed by atoms with Crippen molar-refractivity contribution in [3.8, 4) is 0 Å². The van der Waals surface area contributed by atoms with Crippen molar-refractivity contribution >= 4 is 25.6 Å². The Bertz CT molecular complexity index is 560. The molecule has 0 aliphatic carbocycles. The number of rotatable bonds is 2. The van der Waals surface area contributed by atoms with E-state index in [2.05, 4.69) is 6.92 Å². The lowest BCUT2D eigenvalue weighted by molar-refractivity contribution is 0.0697. The minimum Gasteiger partial charge on any atom is -0.339 e. The molecule has 1 amide bonds. The van der Waals surface area contributed by atoms with E-state index in [1.165, 1.54) is 24.3 Å². The van der Waals surface area contributed by atoms with E-state index in [0.29, 0.717) is 11.5 Å². The molecule has 1 aliphatic rings. The fourth-order valence-electron chi connectivity index (χ4n) is 2.15. The molecular weight excluding hydrogens is 286 g/mol. The molecule has 1 heterocycles. The Labute approximate surface area is 117 Å².